The third kappa shape index (κ3) is 4.64. The molecule has 2 aromatic carbocycles. The molecule has 6 heteroatoms. The molecule has 6 nitrogen and oxygen atoms in total. The Morgan fingerprint density at radius 2 is 1.74 bits per heavy atom. The summed E-state index contributed by atoms with van der Waals surface area (Å²) in [6, 6.07) is 13.7. The summed E-state index contributed by atoms with van der Waals surface area (Å²) in [7, 11) is 3.07. The third-order valence-corrected chi connectivity index (χ3v) is 2.97. The predicted octanol–water partition coefficient (Wildman–Crippen LogP) is 2.59. The van der Waals surface area contributed by atoms with Crippen molar-refractivity contribution in [1.82, 2.24) is 0 Å². The van der Waals surface area contributed by atoms with E-state index in [0.29, 0.717) is 28.5 Å². The number of hydrogen-bond acceptors (Lipinski definition) is 5. The van der Waals surface area contributed by atoms with Gasteiger partial charge in [0.05, 0.1) is 25.9 Å². The third-order valence-electron chi connectivity index (χ3n) is 2.97. The maximum Gasteiger partial charge on any atom is 0.262 e. The highest BCUT2D eigenvalue weighted by Crippen LogP contribution is 2.27. The number of methoxy groups -OCH3 is 2. The molecule has 1 amide bonds. The zero-order valence-corrected chi connectivity index (χ0v) is 12.8. The van der Waals surface area contributed by atoms with Crippen LogP contribution in [0.1, 0.15) is 5.56 Å². The SMILES string of the molecule is COc1cc(OC)cc(OCC(=O)Nc2cccc(C#N)c2)c1. The summed E-state index contributed by atoms with van der Waals surface area (Å²) in [4.78, 5) is 11.9. The average molecular weight is 312 g/mol. The minimum Gasteiger partial charge on any atom is -0.496 e. The van der Waals surface area contributed by atoms with Crippen LogP contribution in [0, 0.1) is 11.3 Å². The van der Waals surface area contributed by atoms with Gasteiger partial charge in [-0.05, 0) is 18.2 Å². The topological polar surface area (TPSA) is 80.6 Å². The van der Waals surface area contributed by atoms with E-state index >= 15 is 0 Å². The molecule has 0 saturated carbocycles. The number of nitriles is 1. The van der Waals surface area contributed by atoms with Crippen molar-refractivity contribution in [2.45, 2.75) is 0 Å². The highest BCUT2D eigenvalue weighted by molar-refractivity contribution is 5.92. The van der Waals surface area contributed by atoms with Crippen LogP contribution in [0.25, 0.3) is 0 Å². The Hall–Kier alpha value is -3.20. The predicted molar refractivity (Wildman–Crippen MR) is 84.8 cm³/mol. The van der Waals surface area contributed by atoms with Gasteiger partial charge in [0.2, 0.25) is 0 Å². The fraction of sp³-hybridized carbons (Fsp3) is 0.176. The van der Waals surface area contributed by atoms with Crippen molar-refractivity contribution in [2.75, 3.05) is 26.1 Å². The van der Waals surface area contributed by atoms with Crippen molar-refractivity contribution in [3.63, 3.8) is 0 Å². The molecule has 0 saturated heterocycles. The largest absolute Gasteiger partial charge is 0.496 e. The van der Waals surface area contributed by atoms with Crippen molar-refractivity contribution in [3.8, 4) is 23.3 Å². The van der Waals surface area contributed by atoms with E-state index in [2.05, 4.69) is 5.32 Å². The lowest BCUT2D eigenvalue weighted by Gasteiger charge is -2.10. The molecule has 0 aliphatic rings. The second kappa shape index (κ2) is 7.71. The highest BCUT2D eigenvalue weighted by atomic mass is 16.5. The molecule has 0 atom stereocenters. The second-order valence-electron chi connectivity index (χ2n) is 4.58. The van der Waals surface area contributed by atoms with Crippen molar-refractivity contribution >= 4 is 11.6 Å². The lowest BCUT2D eigenvalue weighted by molar-refractivity contribution is -0.118. The number of benzene rings is 2. The molecule has 2 aromatic rings. The minimum atomic E-state index is -0.332. The number of carbonyl (C=O) groups is 1. The molecule has 1 N–H and O–H groups in total. The summed E-state index contributed by atoms with van der Waals surface area (Å²) < 4.78 is 15.7. The van der Waals surface area contributed by atoms with Crippen LogP contribution in [0.15, 0.2) is 42.5 Å². The minimum absolute atomic E-state index is 0.174. The van der Waals surface area contributed by atoms with Gasteiger partial charge < -0.3 is 19.5 Å². The number of anilines is 1. The molecule has 0 aliphatic heterocycles. The van der Waals surface area contributed by atoms with Crippen LogP contribution in [0.4, 0.5) is 5.69 Å². The average Bonchev–Trinajstić information content (AvgIpc) is 2.59. The van der Waals surface area contributed by atoms with Crippen molar-refractivity contribution in [2.24, 2.45) is 0 Å². The number of rotatable bonds is 6. The van der Waals surface area contributed by atoms with E-state index in [1.165, 1.54) is 14.2 Å². The van der Waals surface area contributed by atoms with Crippen LogP contribution in [-0.2, 0) is 4.79 Å². The zero-order chi connectivity index (χ0) is 16.7. The quantitative estimate of drug-likeness (QED) is 0.886. The number of hydrogen-bond donors (Lipinski definition) is 1. The Morgan fingerprint density at radius 1 is 1.09 bits per heavy atom. The summed E-state index contributed by atoms with van der Waals surface area (Å²) in [5, 5.41) is 11.5. The highest BCUT2D eigenvalue weighted by Gasteiger charge is 2.07. The fourth-order valence-corrected chi connectivity index (χ4v) is 1.88. The van der Waals surface area contributed by atoms with Crippen LogP contribution in [0.5, 0.6) is 17.2 Å². The molecule has 0 aromatic heterocycles. The van der Waals surface area contributed by atoms with E-state index in [0.717, 1.165) is 0 Å². The number of ether oxygens (including phenoxy) is 3. The van der Waals surface area contributed by atoms with Crippen LogP contribution >= 0.6 is 0 Å². The fourth-order valence-electron chi connectivity index (χ4n) is 1.88. The lowest BCUT2D eigenvalue weighted by Crippen LogP contribution is -2.20. The molecule has 0 spiro atoms. The molecule has 0 heterocycles. The van der Waals surface area contributed by atoms with Crippen LogP contribution in [0.2, 0.25) is 0 Å². The maximum absolute atomic E-state index is 11.9. The standard InChI is InChI=1S/C17H16N2O4/c1-21-14-7-15(22-2)9-16(8-14)23-11-17(20)19-13-5-3-4-12(6-13)10-18/h3-9H,11H2,1-2H3,(H,19,20). The van der Waals surface area contributed by atoms with Crippen LogP contribution < -0.4 is 19.5 Å². The Balaban J connectivity index is 1.97. The van der Waals surface area contributed by atoms with Gasteiger partial charge in [-0.15, -0.1) is 0 Å². The van der Waals surface area contributed by atoms with Gasteiger partial charge in [0.15, 0.2) is 6.61 Å². The van der Waals surface area contributed by atoms with Gasteiger partial charge in [-0.3, -0.25) is 4.79 Å². The van der Waals surface area contributed by atoms with Gasteiger partial charge in [-0.1, -0.05) is 6.07 Å². The van der Waals surface area contributed by atoms with Crippen LogP contribution in [-0.4, -0.2) is 26.7 Å². The first kappa shape index (κ1) is 16.2. The molecule has 2 rings (SSSR count). The molecule has 0 radical (unpaired) electrons. The summed E-state index contributed by atoms with van der Waals surface area (Å²) >= 11 is 0. The first-order valence-corrected chi connectivity index (χ1v) is 6.80. The van der Waals surface area contributed by atoms with E-state index in [1.54, 1.807) is 42.5 Å². The maximum atomic E-state index is 11.9. The van der Waals surface area contributed by atoms with Gasteiger partial charge in [-0.2, -0.15) is 5.26 Å². The Morgan fingerprint density at radius 3 is 2.35 bits per heavy atom. The van der Waals surface area contributed by atoms with Gasteiger partial charge in [-0.25, -0.2) is 0 Å². The summed E-state index contributed by atoms with van der Waals surface area (Å²) in [5.41, 5.74) is 1.02. The molecule has 23 heavy (non-hydrogen) atoms. The normalized spacial score (nSPS) is 9.61. The first-order chi connectivity index (χ1) is 11.1. The zero-order valence-electron chi connectivity index (χ0n) is 12.8. The smallest absolute Gasteiger partial charge is 0.262 e. The van der Waals surface area contributed by atoms with E-state index in [1.807, 2.05) is 6.07 Å². The molecule has 0 unspecified atom stereocenters. The Labute approximate surface area is 134 Å². The lowest BCUT2D eigenvalue weighted by atomic mass is 10.2. The Bertz CT molecular complexity index is 715. The van der Waals surface area contributed by atoms with E-state index in [9.17, 15) is 4.79 Å². The number of nitrogens with one attached hydrogen (secondary N) is 1. The van der Waals surface area contributed by atoms with Gasteiger partial charge in [0, 0.05) is 23.9 Å². The first-order valence-electron chi connectivity index (χ1n) is 6.80. The van der Waals surface area contributed by atoms with Gasteiger partial charge in [0.1, 0.15) is 17.2 Å². The molecule has 0 aliphatic carbocycles. The molecular formula is C17H16N2O4. The van der Waals surface area contributed by atoms with E-state index in [4.69, 9.17) is 19.5 Å². The van der Waals surface area contributed by atoms with E-state index < -0.39 is 0 Å². The van der Waals surface area contributed by atoms with Crippen molar-refractivity contribution in [1.29, 1.82) is 5.26 Å². The summed E-state index contributed by atoms with van der Waals surface area (Å²) in [6.45, 7) is -0.174. The number of nitrogens with zero attached hydrogens (tertiary/aromatic N) is 1. The molecule has 0 bridgehead atoms. The monoisotopic (exact) mass is 312 g/mol. The summed E-state index contributed by atoms with van der Waals surface area (Å²) in [5.74, 6) is 1.27. The van der Waals surface area contributed by atoms with Crippen LogP contribution in [0.3, 0.4) is 0 Å². The van der Waals surface area contributed by atoms with Crippen molar-refractivity contribution in [3.05, 3.63) is 48.0 Å². The number of carbonyl (C=O) groups excluding carboxylic acids is 1. The second-order valence-corrected chi connectivity index (χ2v) is 4.58. The number of amides is 1. The molecular weight excluding hydrogens is 296 g/mol. The van der Waals surface area contributed by atoms with Gasteiger partial charge >= 0.3 is 0 Å². The van der Waals surface area contributed by atoms with Crippen molar-refractivity contribution < 1.29 is 19.0 Å². The van der Waals surface area contributed by atoms with Gasteiger partial charge in [0.25, 0.3) is 5.91 Å². The Kier molecular flexibility index (Phi) is 5.42. The molecule has 118 valence electrons. The summed E-state index contributed by atoms with van der Waals surface area (Å²) in [6.07, 6.45) is 0. The van der Waals surface area contributed by atoms with E-state index in [-0.39, 0.29) is 12.5 Å². The molecule has 0 fully saturated rings.